The Bertz CT molecular complexity index is 1450. The number of ether oxygens (including phenoxy) is 2. The molecule has 5 nitrogen and oxygen atoms in total. The van der Waals surface area contributed by atoms with Gasteiger partial charge in [-0.05, 0) is 92.5 Å². The Morgan fingerprint density at radius 1 is 0.508 bits per heavy atom. The average molecular weight is 855 g/mol. The van der Waals surface area contributed by atoms with E-state index in [2.05, 4.69) is 132 Å². The van der Waals surface area contributed by atoms with E-state index in [1.54, 1.807) is 0 Å². The van der Waals surface area contributed by atoms with Crippen molar-refractivity contribution in [2.45, 2.75) is 200 Å². The van der Waals surface area contributed by atoms with Crippen molar-refractivity contribution in [2.24, 2.45) is 0 Å². The van der Waals surface area contributed by atoms with Gasteiger partial charge in [0.2, 0.25) is 0 Å². The van der Waals surface area contributed by atoms with Gasteiger partial charge in [0, 0.05) is 12.8 Å². The van der Waals surface area contributed by atoms with Crippen molar-refractivity contribution in [3.63, 3.8) is 0 Å². The summed E-state index contributed by atoms with van der Waals surface area (Å²) in [5.74, 6) is -0.502. The van der Waals surface area contributed by atoms with E-state index >= 15 is 0 Å². The summed E-state index contributed by atoms with van der Waals surface area (Å²) in [7, 11) is -2.88. The van der Waals surface area contributed by atoms with Crippen LogP contribution in [0.1, 0.15) is 189 Å². The van der Waals surface area contributed by atoms with Gasteiger partial charge in [0.05, 0.1) is 6.61 Å². The summed E-state index contributed by atoms with van der Waals surface area (Å²) in [6.07, 6.45) is 43.2. The Labute approximate surface area is 375 Å². The second kappa shape index (κ2) is 35.0. The first kappa shape index (κ1) is 53.7. The van der Waals surface area contributed by atoms with Crippen molar-refractivity contribution in [3.05, 3.63) is 109 Å². The van der Waals surface area contributed by atoms with Crippen molar-refractivity contribution < 1.29 is 23.5 Å². The van der Waals surface area contributed by atoms with E-state index in [-0.39, 0.29) is 30.2 Å². The zero-order valence-corrected chi connectivity index (χ0v) is 40.4. The molecule has 0 aromatic heterocycles. The smallest absolute Gasteiger partial charge is 0.306 e. The minimum atomic E-state index is -2.88. The van der Waals surface area contributed by atoms with E-state index in [9.17, 15) is 9.59 Å². The highest BCUT2D eigenvalue weighted by Gasteiger charge is 2.50. The first-order valence-corrected chi connectivity index (χ1v) is 26.4. The summed E-state index contributed by atoms with van der Waals surface area (Å²) in [5, 5.41) is 2.08. The molecule has 0 aliphatic carbocycles. The lowest BCUT2D eigenvalue weighted by molar-refractivity contribution is -0.161. The predicted molar refractivity (Wildman–Crippen MR) is 263 cm³/mol. The number of carbonyl (C=O) groups is 2. The summed E-state index contributed by atoms with van der Waals surface area (Å²) < 4.78 is 19.0. The third-order valence-corrected chi connectivity index (χ3v) is 16.3. The van der Waals surface area contributed by atoms with E-state index in [4.69, 9.17) is 13.9 Å². The SMILES string of the molecule is CCCCC/C=C\C/C=C\CCCCCCCC(=O)OC[C@@H](CO[Si](c1ccccc1)(c1ccccc1)C(C)(C)C)OC(=O)CCCCCCC/C=C\C/C=C\CCCCC. The lowest BCUT2D eigenvalue weighted by Gasteiger charge is -2.43. The number of unbranched alkanes of at least 4 members (excludes halogenated alkanes) is 16. The molecule has 0 radical (unpaired) electrons. The monoisotopic (exact) mass is 855 g/mol. The molecule has 0 unspecified atom stereocenters. The van der Waals surface area contributed by atoms with Gasteiger partial charge in [0.1, 0.15) is 6.61 Å². The van der Waals surface area contributed by atoms with Crippen molar-refractivity contribution in [3.8, 4) is 0 Å². The number of rotatable bonds is 36. The molecule has 0 aliphatic rings. The largest absolute Gasteiger partial charge is 0.462 e. The topological polar surface area (TPSA) is 61.8 Å². The van der Waals surface area contributed by atoms with Crippen LogP contribution in [-0.2, 0) is 23.5 Å². The quantitative estimate of drug-likeness (QED) is 0.0296. The number of hydrogen-bond donors (Lipinski definition) is 0. The highest BCUT2D eigenvalue weighted by Crippen LogP contribution is 2.37. The number of esters is 2. The van der Waals surface area contributed by atoms with Gasteiger partial charge in [-0.3, -0.25) is 9.59 Å². The second-order valence-corrected chi connectivity index (χ2v) is 22.0. The van der Waals surface area contributed by atoms with Gasteiger partial charge in [0.25, 0.3) is 8.32 Å². The van der Waals surface area contributed by atoms with Crippen LogP contribution in [0.3, 0.4) is 0 Å². The molecule has 0 fully saturated rings. The lowest BCUT2D eigenvalue weighted by atomic mass is 10.1. The maximum Gasteiger partial charge on any atom is 0.306 e. The van der Waals surface area contributed by atoms with E-state index in [1.165, 1.54) is 70.6 Å². The van der Waals surface area contributed by atoms with Crippen LogP contribution in [-0.4, -0.2) is 39.6 Å². The predicted octanol–water partition coefficient (Wildman–Crippen LogP) is 14.6. The van der Waals surface area contributed by atoms with Gasteiger partial charge in [-0.25, -0.2) is 0 Å². The molecular weight excluding hydrogens is 769 g/mol. The Hall–Kier alpha value is -3.48. The maximum atomic E-state index is 13.3. The standard InChI is InChI=1S/C55H86O5Si/c1-6-8-10-12-14-16-18-20-22-24-26-28-30-32-40-46-53(56)58-48-50(60-54(57)47-41-33-31-29-27-25-23-21-19-17-15-13-11-9-7-2)49-59-61(55(3,4)5,51-42-36-34-37-43-51)52-44-38-35-39-45-52/h14-17,20-23,34-39,42-45,50H,6-13,18-19,24-33,40-41,46-49H2,1-5H3/b16-14-,17-15-,22-20-,23-21-/t50-/m0/s1. The number of benzene rings is 2. The van der Waals surface area contributed by atoms with E-state index in [0.717, 1.165) is 81.0 Å². The fraction of sp³-hybridized carbons (Fsp3) is 0.600. The molecule has 0 heterocycles. The normalized spacial score (nSPS) is 12.9. The van der Waals surface area contributed by atoms with Crippen molar-refractivity contribution in [2.75, 3.05) is 13.2 Å². The summed E-state index contributed by atoms with van der Waals surface area (Å²) in [6, 6.07) is 20.9. The molecule has 0 aliphatic heterocycles. The zero-order chi connectivity index (χ0) is 44.1. The van der Waals surface area contributed by atoms with Crippen molar-refractivity contribution in [1.29, 1.82) is 0 Å². The first-order valence-electron chi connectivity index (χ1n) is 24.4. The van der Waals surface area contributed by atoms with E-state index < -0.39 is 14.4 Å². The number of hydrogen-bond acceptors (Lipinski definition) is 5. The Morgan fingerprint density at radius 2 is 0.902 bits per heavy atom. The number of allylic oxidation sites excluding steroid dienone is 8. The van der Waals surface area contributed by atoms with Crippen molar-refractivity contribution >= 4 is 30.6 Å². The van der Waals surface area contributed by atoms with E-state index in [0.29, 0.717) is 12.8 Å². The average Bonchev–Trinajstić information content (AvgIpc) is 3.25. The van der Waals surface area contributed by atoms with Gasteiger partial charge >= 0.3 is 11.9 Å². The third kappa shape index (κ3) is 24.7. The molecule has 2 aromatic carbocycles. The summed E-state index contributed by atoms with van der Waals surface area (Å²) in [6.45, 7) is 11.3. The highest BCUT2D eigenvalue weighted by atomic mass is 28.4. The molecule has 2 aromatic rings. The third-order valence-electron chi connectivity index (χ3n) is 11.3. The van der Waals surface area contributed by atoms with Crippen LogP contribution in [0.5, 0.6) is 0 Å². The molecule has 0 saturated carbocycles. The van der Waals surface area contributed by atoms with Crippen LogP contribution in [0.25, 0.3) is 0 Å². The molecule has 1 atom stereocenters. The fourth-order valence-corrected chi connectivity index (χ4v) is 12.4. The van der Waals surface area contributed by atoms with Crippen molar-refractivity contribution in [1.82, 2.24) is 0 Å². The molecule has 6 heteroatoms. The van der Waals surface area contributed by atoms with Crippen LogP contribution in [0.4, 0.5) is 0 Å². The highest BCUT2D eigenvalue weighted by molar-refractivity contribution is 6.99. The van der Waals surface area contributed by atoms with Crippen LogP contribution < -0.4 is 10.4 Å². The molecule has 0 N–H and O–H groups in total. The number of carbonyl (C=O) groups excluding carboxylic acids is 2. The molecule has 0 spiro atoms. The summed E-state index contributed by atoms with van der Waals surface area (Å²) >= 11 is 0. The van der Waals surface area contributed by atoms with Gasteiger partial charge in [-0.15, -0.1) is 0 Å². The van der Waals surface area contributed by atoms with Gasteiger partial charge in [-0.1, -0.05) is 208 Å². The summed E-state index contributed by atoms with van der Waals surface area (Å²) in [4.78, 5) is 26.3. The molecule has 0 amide bonds. The van der Waals surface area contributed by atoms with Gasteiger partial charge in [0.15, 0.2) is 6.10 Å². The van der Waals surface area contributed by atoms with Crippen LogP contribution in [0.2, 0.25) is 5.04 Å². The van der Waals surface area contributed by atoms with Crippen LogP contribution in [0, 0.1) is 0 Å². The van der Waals surface area contributed by atoms with Crippen LogP contribution in [0.15, 0.2) is 109 Å². The molecule has 2 rings (SSSR count). The Morgan fingerprint density at radius 3 is 1.33 bits per heavy atom. The molecule has 0 saturated heterocycles. The maximum absolute atomic E-state index is 13.3. The minimum absolute atomic E-state index is 0.00873. The molecule has 340 valence electrons. The molecule has 0 bridgehead atoms. The second-order valence-electron chi connectivity index (χ2n) is 17.7. The Kier molecular flexibility index (Phi) is 30.8. The zero-order valence-electron chi connectivity index (χ0n) is 39.4. The molecule has 61 heavy (non-hydrogen) atoms. The Balaban J connectivity index is 1.89. The first-order chi connectivity index (χ1) is 29.7. The summed E-state index contributed by atoms with van der Waals surface area (Å²) in [5.41, 5.74) is 0. The van der Waals surface area contributed by atoms with Gasteiger partial charge in [-0.2, -0.15) is 0 Å². The fourth-order valence-electron chi connectivity index (χ4n) is 7.76. The van der Waals surface area contributed by atoms with E-state index in [1.807, 2.05) is 12.1 Å². The van der Waals surface area contributed by atoms with Crippen LogP contribution >= 0.6 is 0 Å². The van der Waals surface area contributed by atoms with Gasteiger partial charge < -0.3 is 13.9 Å². The minimum Gasteiger partial charge on any atom is -0.462 e. The molecular formula is C55H86O5Si. The lowest BCUT2D eigenvalue weighted by Crippen LogP contribution is -2.67.